The van der Waals surface area contributed by atoms with Gasteiger partial charge in [-0.1, -0.05) is 0 Å². The number of aromatic nitrogens is 1. The number of rotatable bonds is 5. The van der Waals surface area contributed by atoms with E-state index in [1.54, 1.807) is 12.4 Å². The maximum atomic E-state index is 11.1. The summed E-state index contributed by atoms with van der Waals surface area (Å²) < 4.78 is 0. The van der Waals surface area contributed by atoms with Crippen molar-refractivity contribution >= 4 is 11.9 Å². The molecule has 1 amide bonds. The minimum atomic E-state index is -1.13. The van der Waals surface area contributed by atoms with Crippen molar-refractivity contribution in [1.29, 1.82) is 0 Å². The van der Waals surface area contributed by atoms with Crippen molar-refractivity contribution in [3.63, 3.8) is 0 Å². The maximum Gasteiger partial charge on any atom is 0.328 e. The first kappa shape index (κ1) is 11.9. The lowest BCUT2D eigenvalue weighted by Gasteiger charge is -2.01. The Hall–Kier alpha value is -2.17. The standard InChI is InChI=1S/C11H12N2O3/c14-10(1-2-11(15)16)13-8-5-9-3-6-12-7-4-9/h1-4,6-7H,5,8H2,(H,13,14)(H,15,16)/b2-1-. The molecule has 5 heteroatoms. The summed E-state index contributed by atoms with van der Waals surface area (Å²) in [6, 6.07) is 3.72. The topological polar surface area (TPSA) is 79.3 Å². The van der Waals surface area contributed by atoms with E-state index in [9.17, 15) is 9.59 Å². The first-order chi connectivity index (χ1) is 7.68. The van der Waals surface area contributed by atoms with E-state index in [0.717, 1.165) is 17.7 Å². The molecule has 2 N–H and O–H groups in total. The molecule has 0 radical (unpaired) electrons. The largest absolute Gasteiger partial charge is 0.478 e. The van der Waals surface area contributed by atoms with Crippen molar-refractivity contribution in [2.75, 3.05) is 6.54 Å². The van der Waals surface area contributed by atoms with Gasteiger partial charge in [-0.25, -0.2) is 4.79 Å². The van der Waals surface area contributed by atoms with E-state index in [0.29, 0.717) is 13.0 Å². The molecule has 16 heavy (non-hydrogen) atoms. The molecule has 1 rings (SSSR count). The molecule has 1 aromatic rings. The van der Waals surface area contributed by atoms with E-state index < -0.39 is 11.9 Å². The van der Waals surface area contributed by atoms with Crippen LogP contribution in [0.25, 0.3) is 0 Å². The highest BCUT2D eigenvalue weighted by molar-refractivity contribution is 5.93. The first-order valence-corrected chi connectivity index (χ1v) is 4.76. The van der Waals surface area contributed by atoms with E-state index in [-0.39, 0.29) is 0 Å². The maximum absolute atomic E-state index is 11.1. The summed E-state index contributed by atoms with van der Waals surface area (Å²) in [5.41, 5.74) is 1.07. The molecule has 0 aliphatic heterocycles. The molecule has 0 bridgehead atoms. The van der Waals surface area contributed by atoms with Crippen LogP contribution in [-0.4, -0.2) is 28.5 Å². The number of carbonyl (C=O) groups is 2. The van der Waals surface area contributed by atoms with Gasteiger partial charge in [-0.3, -0.25) is 9.78 Å². The molecule has 0 saturated heterocycles. The zero-order chi connectivity index (χ0) is 11.8. The predicted molar refractivity (Wildman–Crippen MR) is 57.7 cm³/mol. The van der Waals surface area contributed by atoms with Crippen LogP contribution < -0.4 is 5.32 Å². The molecule has 0 saturated carbocycles. The number of aliphatic carboxylic acids is 1. The van der Waals surface area contributed by atoms with Gasteiger partial charge in [0.1, 0.15) is 0 Å². The summed E-state index contributed by atoms with van der Waals surface area (Å²) in [4.78, 5) is 25.1. The summed E-state index contributed by atoms with van der Waals surface area (Å²) in [5.74, 6) is -1.54. The first-order valence-electron chi connectivity index (χ1n) is 4.76. The molecular formula is C11H12N2O3. The number of hydrogen-bond donors (Lipinski definition) is 2. The minimum Gasteiger partial charge on any atom is -0.478 e. The van der Waals surface area contributed by atoms with E-state index in [2.05, 4.69) is 10.3 Å². The van der Waals surface area contributed by atoms with E-state index in [4.69, 9.17) is 5.11 Å². The number of pyridine rings is 1. The molecule has 1 aromatic heterocycles. The lowest BCUT2D eigenvalue weighted by atomic mass is 10.2. The van der Waals surface area contributed by atoms with Gasteiger partial charge in [-0.2, -0.15) is 0 Å². The van der Waals surface area contributed by atoms with E-state index in [1.165, 1.54) is 0 Å². The summed E-state index contributed by atoms with van der Waals surface area (Å²) in [6.45, 7) is 0.465. The zero-order valence-electron chi connectivity index (χ0n) is 8.59. The Morgan fingerprint density at radius 1 is 1.31 bits per heavy atom. The SMILES string of the molecule is O=C(O)/C=C\C(=O)NCCc1ccncc1. The molecule has 1 heterocycles. The van der Waals surface area contributed by atoms with Crippen molar-refractivity contribution in [2.24, 2.45) is 0 Å². The van der Waals surface area contributed by atoms with Crippen molar-refractivity contribution < 1.29 is 14.7 Å². The van der Waals surface area contributed by atoms with Crippen LogP contribution >= 0.6 is 0 Å². The van der Waals surface area contributed by atoms with Gasteiger partial charge in [0.25, 0.3) is 0 Å². The fourth-order valence-electron chi connectivity index (χ4n) is 1.09. The van der Waals surface area contributed by atoms with Gasteiger partial charge < -0.3 is 10.4 Å². The number of hydrogen-bond acceptors (Lipinski definition) is 3. The Morgan fingerprint density at radius 3 is 2.62 bits per heavy atom. The van der Waals surface area contributed by atoms with Gasteiger partial charge in [0.15, 0.2) is 0 Å². The molecule has 0 unspecified atom stereocenters. The molecule has 0 spiro atoms. The number of amides is 1. The highest BCUT2D eigenvalue weighted by atomic mass is 16.4. The second-order valence-electron chi connectivity index (χ2n) is 3.07. The zero-order valence-corrected chi connectivity index (χ0v) is 8.59. The number of carboxylic acid groups (broad SMARTS) is 1. The van der Waals surface area contributed by atoms with Gasteiger partial charge in [0, 0.05) is 31.1 Å². The molecule has 0 atom stereocenters. The van der Waals surface area contributed by atoms with Crippen molar-refractivity contribution in [3.05, 3.63) is 42.2 Å². The average molecular weight is 220 g/mol. The highest BCUT2D eigenvalue weighted by Gasteiger charge is 1.96. The van der Waals surface area contributed by atoms with Crippen molar-refractivity contribution in [1.82, 2.24) is 10.3 Å². The summed E-state index contributed by atoms with van der Waals surface area (Å²) in [7, 11) is 0. The predicted octanol–water partition coefficient (Wildman–Crippen LogP) is 0.381. The molecule has 5 nitrogen and oxygen atoms in total. The quantitative estimate of drug-likeness (QED) is 0.703. The second-order valence-corrected chi connectivity index (χ2v) is 3.07. The van der Waals surface area contributed by atoms with Gasteiger partial charge in [-0.05, 0) is 24.1 Å². The van der Waals surface area contributed by atoms with Crippen LogP contribution in [0.5, 0.6) is 0 Å². The van der Waals surface area contributed by atoms with Crippen LogP contribution in [0.3, 0.4) is 0 Å². The van der Waals surface area contributed by atoms with Crippen LogP contribution in [0, 0.1) is 0 Å². The summed E-state index contributed by atoms with van der Waals surface area (Å²) >= 11 is 0. The monoisotopic (exact) mass is 220 g/mol. The third-order valence-electron chi connectivity index (χ3n) is 1.84. The van der Waals surface area contributed by atoms with Gasteiger partial charge in [0.05, 0.1) is 0 Å². The fourth-order valence-corrected chi connectivity index (χ4v) is 1.09. The van der Waals surface area contributed by atoms with Crippen LogP contribution in [-0.2, 0) is 16.0 Å². The normalized spacial score (nSPS) is 10.2. The third kappa shape index (κ3) is 4.90. The highest BCUT2D eigenvalue weighted by Crippen LogP contribution is 1.95. The molecule has 84 valence electrons. The lowest BCUT2D eigenvalue weighted by molar-refractivity contribution is -0.131. The number of nitrogens with one attached hydrogen (secondary N) is 1. The Bertz CT molecular complexity index is 387. The molecule has 0 aliphatic rings. The Morgan fingerprint density at radius 2 is 2.00 bits per heavy atom. The van der Waals surface area contributed by atoms with Crippen molar-refractivity contribution in [3.8, 4) is 0 Å². The van der Waals surface area contributed by atoms with Crippen LogP contribution in [0.1, 0.15) is 5.56 Å². The third-order valence-corrected chi connectivity index (χ3v) is 1.84. The number of carbonyl (C=O) groups excluding carboxylic acids is 1. The average Bonchev–Trinajstić information content (AvgIpc) is 2.28. The Kier molecular flexibility index (Phi) is 4.72. The Labute approximate surface area is 92.8 Å². The van der Waals surface area contributed by atoms with Crippen LogP contribution in [0.2, 0.25) is 0 Å². The molecule has 0 aliphatic carbocycles. The molecule has 0 fully saturated rings. The summed E-state index contributed by atoms with van der Waals surface area (Å²) in [5, 5.41) is 10.9. The lowest BCUT2D eigenvalue weighted by Crippen LogP contribution is -2.23. The van der Waals surface area contributed by atoms with Gasteiger partial charge in [0.2, 0.25) is 5.91 Å². The van der Waals surface area contributed by atoms with Crippen molar-refractivity contribution in [2.45, 2.75) is 6.42 Å². The molecule has 0 aromatic carbocycles. The summed E-state index contributed by atoms with van der Waals surface area (Å²) in [6.07, 6.45) is 5.86. The van der Waals surface area contributed by atoms with E-state index in [1.807, 2.05) is 12.1 Å². The van der Waals surface area contributed by atoms with Gasteiger partial charge in [-0.15, -0.1) is 0 Å². The Balaban J connectivity index is 2.26. The van der Waals surface area contributed by atoms with Crippen LogP contribution in [0.15, 0.2) is 36.7 Å². The van der Waals surface area contributed by atoms with Gasteiger partial charge >= 0.3 is 5.97 Å². The van der Waals surface area contributed by atoms with Crippen LogP contribution in [0.4, 0.5) is 0 Å². The smallest absolute Gasteiger partial charge is 0.328 e. The number of nitrogens with zero attached hydrogens (tertiary/aromatic N) is 1. The fraction of sp³-hybridized carbons (Fsp3) is 0.182. The number of carboxylic acids is 1. The van der Waals surface area contributed by atoms with E-state index >= 15 is 0 Å². The molecular weight excluding hydrogens is 208 g/mol. The second kappa shape index (κ2) is 6.34. The minimum absolute atomic E-state index is 0.406.